The molecular formula is C12H10N2. The third-order valence-corrected chi connectivity index (χ3v) is 2.18. The van der Waals surface area contributed by atoms with Crippen LogP contribution in [0.25, 0.3) is 0 Å². The Labute approximate surface area is 83.4 Å². The predicted molar refractivity (Wildman–Crippen MR) is 56.5 cm³/mol. The highest BCUT2D eigenvalue weighted by molar-refractivity contribution is 5.60. The van der Waals surface area contributed by atoms with E-state index in [2.05, 4.69) is 12.3 Å². The van der Waals surface area contributed by atoms with Gasteiger partial charge in [0.05, 0.1) is 5.69 Å². The van der Waals surface area contributed by atoms with E-state index < -0.39 is 0 Å². The van der Waals surface area contributed by atoms with Gasteiger partial charge in [0.2, 0.25) is 0 Å². The molecule has 0 saturated heterocycles. The second kappa shape index (κ2) is 3.80. The summed E-state index contributed by atoms with van der Waals surface area (Å²) in [4.78, 5) is 1.58. The number of nitrogens with zero attached hydrogens (tertiary/aromatic N) is 2. The normalized spacial score (nSPS) is 18.6. The molecule has 0 aliphatic carbocycles. The first-order valence-electron chi connectivity index (χ1n) is 4.52. The molecule has 0 unspecified atom stereocenters. The zero-order chi connectivity index (χ0) is 9.80. The first kappa shape index (κ1) is 8.58. The lowest BCUT2D eigenvalue weighted by molar-refractivity contribution is 1.18. The average Bonchev–Trinajstić information content (AvgIpc) is 2.20. The average molecular weight is 182 g/mol. The number of allylic oxidation sites excluding steroid dienone is 3. The molecule has 0 aromatic heterocycles. The molecule has 14 heavy (non-hydrogen) atoms. The number of fused-ring (bicyclic) bond motifs is 1. The molecule has 0 amide bonds. The highest BCUT2D eigenvalue weighted by Crippen LogP contribution is 2.22. The highest BCUT2D eigenvalue weighted by atomic mass is 15.1. The summed E-state index contributed by atoms with van der Waals surface area (Å²) in [6.07, 6.45) is 10.7. The molecule has 1 aliphatic heterocycles. The van der Waals surface area contributed by atoms with E-state index in [1.54, 1.807) is 11.1 Å². The van der Waals surface area contributed by atoms with Crippen molar-refractivity contribution in [3.05, 3.63) is 54.3 Å². The van der Waals surface area contributed by atoms with Crippen molar-refractivity contribution in [1.82, 2.24) is 0 Å². The molecule has 2 nitrogen and oxygen atoms in total. The van der Waals surface area contributed by atoms with Gasteiger partial charge in [-0.15, -0.1) is 0 Å². The van der Waals surface area contributed by atoms with Gasteiger partial charge in [-0.3, -0.25) is 4.90 Å². The van der Waals surface area contributed by atoms with E-state index >= 15 is 0 Å². The van der Waals surface area contributed by atoms with E-state index in [1.165, 1.54) is 5.56 Å². The fourth-order valence-electron chi connectivity index (χ4n) is 1.50. The van der Waals surface area contributed by atoms with Crippen molar-refractivity contribution in [2.45, 2.75) is 6.42 Å². The minimum Gasteiger partial charge on any atom is -0.255 e. The number of rotatable bonds is 0. The van der Waals surface area contributed by atoms with Crippen molar-refractivity contribution in [1.29, 1.82) is 5.26 Å². The molecule has 2 heteroatoms. The van der Waals surface area contributed by atoms with Crippen LogP contribution in [0, 0.1) is 11.5 Å². The van der Waals surface area contributed by atoms with Gasteiger partial charge in [0.25, 0.3) is 0 Å². The van der Waals surface area contributed by atoms with Crippen molar-refractivity contribution < 1.29 is 0 Å². The minimum atomic E-state index is 0.874. The van der Waals surface area contributed by atoms with Crippen LogP contribution in [0.2, 0.25) is 0 Å². The predicted octanol–water partition coefficient (Wildman–Crippen LogP) is 2.60. The van der Waals surface area contributed by atoms with Gasteiger partial charge in [-0.1, -0.05) is 30.4 Å². The molecule has 0 bridgehead atoms. The van der Waals surface area contributed by atoms with Crippen molar-refractivity contribution in [2.24, 2.45) is 0 Å². The summed E-state index contributed by atoms with van der Waals surface area (Å²) < 4.78 is 0. The van der Waals surface area contributed by atoms with Gasteiger partial charge in [-0.05, 0) is 24.1 Å². The molecule has 0 fully saturated rings. The number of para-hydroxylation sites is 1. The Balaban J connectivity index is 2.52. The maximum atomic E-state index is 8.96. The largest absolute Gasteiger partial charge is 0.255 e. The van der Waals surface area contributed by atoms with Crippen LogP contribution < -0.4 is 4.90 Å². The number of hydrogen-bond donors (Lipinski definition) is 0. The van der Waals surface area contributed by atoms with E-state index in [0.717, 1.165) is 12.1 Å². The fraction of sp³-hybridized carbons (Fsp3) is 0.0833. The maximum absolute atomic E-state index is 8.96. The Morgan fingerprint density at radius 3 is 2.93 bits per heavy atom. The molecule has 1 aromatic carbocycles. The van der Waals surface area contributed by atoms with Crippen LogP contribution in [0.5, 0.6) is 0 Å². The Kier molecular flexibility index (Phi) is 2.33. The summed E-state index contributed by atoms with van der Waals surface area (Å²) in [5, 5.41) is 8.96. The van der Waals surface area contributed by atoms with Gasteiger partial charge in [0, 0.05) is 6.20 Å². The second-order valence-corrected chi connectivity index (χ2v) is 3.07. The van der Waals surface area contributed by atoms with Crippen LogP contribution in [-0.2, 0) is 6.42 Å². The lowest BCUT2D eigenvalue weighted by Gasteiger charge is -2.15. The summed E-state index contributed by atoms with van der Waals surface area (Å²) in [5.74, 6) is 0. The van der Waals surface area contributed by atoms with Crippen molar-refractivity contribution in [3.63, 3.8) is 0 Å². The Bertz CT molecular complexity index is 424. The molecule has 0 N–H and O–H groups in total. The van der Waals surface area contributed by atoms with E-state index in [4.69, 9.17) is 5.26 Å². The molecular weight excluding hydrogens is 172 g/mol. The SMILES string of the molecule is N#CN1/C=C\C=C/Cc2ccccc21. The molecule has 68 valence electrons. The second-order valence-electron chi connectivity index (χ2n) is 3.07. The fourth-order valence-corrected chi connectivity index (χ4v) is 1.50. The Morgan fingerprint density at radius 1 is 1.21 bits per heavy atom. The Morgan fingerprint density at radius 2 is 2.07 bits per heavy atom. The van der Waals surface area contributed by atoms with E-state index in [1.807, 2.05) is 36.4 Å². The van der Waals surface area contributed by atoms with Crippen molar-refractivity contribution >= 4 is 5.69 Å². The first-order chi connectivity index (χ1) is 6.92. The summed E-state index contributed by atoms with van der Waals surface area (Å²) >= 11 is 0. The van der Waals surface area contributed by atoms with Crippen LogP contribution >= 0.6 is 0 Å². The van der Waals surface area contributed by atoms with Gasteiger partial charge >= 0.3 is 0 Å². The molecule has 0 saturated carbocycles. The number of nitriles is 1. The Hall–Kier alpha value is -2.01. The molecule has 1 heterocycles. The topological polar surface area (TPSA) is 27.0 Å². The van der Waals surface area contributed by atoms with E-state index in [0.29, 0.717) is 0 Å². The maximum Gasteiger partial charge on any atom is 0.188 e. The van der Waals surface area contributed by atoms with Crippen molar-refractivity contribution in [3.8, 4) is 6.19 Å². The summed E-state index contributed by atoms with van der Waals surface area (Å²) in [6, 6.07) is 7.95. The lowest BCUT2D eigenvalue weighted by atomic mass is 10.1. The van der Waals surface area contributed by atoms with E-state index in [-0.39, 0.29) is 0 Å². The third-order valence-electron chi connectivity index (χ3n) is 2.18. The van der Waals surface area contributed by atoms with Gasteiger partial charge < -0.3 is 0 Å². The summed E-state index contributed by atoms with van der Waals surface area (Å²) in [5.41, 5.74) is 2.14. The monoisotopic (exact) mass is 182 g/mol. The molecule has 0 atom stereocenters. The number of anilines is 1. The summed E-state index contributed by atoms with van der Waals surface area (Å²) in [6.45, 7) is 0. The smallest absolute Gasteiger partial charge is 0.188 e. The molecule has 0 spiro atoms. The minimum absolute atomic E-state index is 0.874. The van der Waals surface area contributed by atoms with Crippen LogP contribution in [-0.4, -0.2) is 0 Å². The summed E-state index contributed by atoms with van der Waals surface area (Å²) in [7, 11) is 0. The number of hydrogen-bond acceptors (Lipinski definition) is 2. The molecule has 0 radical (unpaired) electrons. The quantitative estimate of drug-likeness (QED) is 0.576. The highest BCUT2D eigenvalue weighted by Gasteiger charge is 2.07. The lowest BCUT2D eigenvalue weighted by Crippen LogP contribution is -2.10. The van der Waals surface area contributed by atoms with Crippen LogP contribution in [0.1, 0.15) is 5.56 Å². The molecule has 2 rings (SSSR count). The van der Waals surface area contributed by atoms with Crippen LogP contribution in [0.3, 0.4) is 0 Å². The first-order valence-corrected chi connectivity index (χ1v) is 4.52. The standard InChI is InChI=1S/C12H10N2/c13-10-14-9-5-1-2-6-11-7-3-4-8-12(11)14/h1-5,7-9H,6H2/b2-1-,9-5-. The van der Waals surface area contributed by atoms with Crippen LogP contribution in [0.15, 0.2) is 48.7 Å². The third kappa shape index (κ3) is 1.53. The number of benzene rings is 1. The van der Waals surface area contributed by atoms with Crippen LogP contribution in [0.4, 0.5) is 5.69 Å². The zero-order valence-corrected chi connectivity index (χ0v) is 7.72. The van der Waals surface area contributed by atoms with E-state index in [9.17, 15) is 0 Å². The van der Waals surface area contributed by atoms with Gasteiger partial charge in [0.15, 0.2) is 6.19 Å². The molecule has 1 aromatic rings. The van der Waals surface area contributed by atoms with Gasteiger partial charge in [-0.2, -0.15) is 5.26 Å². The molecule has 1 aliphatic rings. The van der Waals surface area contributed by atoms with Gasteiger partial charge in [0.1, 0.15) is 0 Å². The zero-order valence-electron chi connectivity index (χ0n) is 7.72. The van der Waals surface area contributed by atoms with Crippen molar-refractivity contribution in [2.75, 3.05) is 4.90 Å². The van der Waals surface area contributed by atoms with Gasteiger partial charge in [-0.25, -0.2) is 0 Å².